The van der Waals surface area contributed by atoms with Crippen molar-refractivity contribution in [2.75, 3.05) is 19.5 Å². The highest BCUT2D eigenvalue weighted by molar-refractivity contribution is 5.75. The van der Waals surface area contributed by atoms with E-state index in [0.29, 0.717) is 12.8 Å². The van der Waals surface area contributed by atoms with Crippen LogP contribution in [0.25, 0.3) is 0 Å². The van der Waals surface area contributed by atoms with E-state index in [9.17, 15) is 14.0 Å². The number of anilines is 1. The summed E-state index contributed by atoms with van der Waals surface area (Å²) in [5, 5.41) is 7.00. The van der Waals surface area contributed by atoms with Gasteiger partial charge in [-0.15, -0.1) is 0 Å². The zero-order valence-corrected chi connectivity index (χ0v) is 14.5. The fourth-order valence-electron chi connectivity index (χ4n) is 2.22. The van der Waals surface area contributed by atoms with Gasteiger partial charge in [-0.1, -0.05) is 13.8 Å². The summed E-state index contributed by atoms with van der Waals surface area (Å²) in [5.74, 6) is -1.75. The molecule has 25 heavy (non-hydrogen) atoms. The number of esters is 1. The maximum atomic E-state index is 13.4. The molecular weight excluding hydrogens is 335 g/mol. The van der Waals surface area contributed by atoms with E-state index in [-0.39, 0.29) is 18.6 Å². The smallest absolute Gasteiger partial charge is 0.351 e. The van der Waals surface area contributed by atoms with Gasteiger partial charge in [0.25, 0.3) is 0 Å². The third-order valence-corrected chi connectivity index (χ3v) is 3.73. The van der Waals surface area contributed by atoms with Gasteiger partial charge in [0.05, 0.1) is 12.3 Å². The molecule has 0 aliphatic carbocycles. The number of nitrogens with two attached hydrogens (primary N) is 2. The van der Waals surface area contributed by atoms with Crippen LogP contribution in [0.2, 0.25) is 0 Å². The van der Waals surface area contributed by atoms with Gasteiger partial charge in [0.2, 0.25) is 0 Å². The van der Waals surface area contributed by atoms with Gasteiger partial charge in [-0.2, -0.15) is 4.98 Å². The number of aromatic nitrogens is 2. The van der Waals surface area contributed by atoms with Crippen molar-refractivity contribution in [2.45, 2.75) is 45.1 Å². The number of nitrogens with zero attached hydrogens (tertiary/aromatic N) is 2. The molecule has 0 amide bonds. The minimum absolute atomic E-state index is 0.0258. The Balaban J connectivity index is 0.00000151. The summed E-state index contributed by atoms with van der Waals surface area (Å²) in [6.07, 6.45) is 0.971. The van der Waals surface area contributed by atoms with Crippen molar-refractivity contribution in [3.8, 4) is 0 Å². The molecule has 1 fully saturated rings. The summed E-state index contributed by atoms with van der Waals surface area (Å²) >= 11 is 0. The Bertz CT molecular complexity index is 637. The summed E-state index contributed by atoms with van der Waals surface area (Å²) in [6, 6.07) is -0.690. The molecule has 1 aromatic rings. The van der Waals surface area contributed by atoms with Gasteiger partial charge < -0.3 is 26.0 Å². The molecule has 142 valence electrons. The van der Waals surface area contributed by atoms with E-state index in [1.807, 2.05) is 13.8 Å². The first kappa shape index (κ1) is 21.0. The molecule has 1 saturated heterocycles. The Labute approximate surface area is 144 Å². The Kier molecular flexibility index (Phi) is 7.94. The van der Waals surface area contributed by atoms with Crippen molar-refractivity contribution in [1.29, 1.82) is 0 Å². The van der Waals surface area contributed by atoms with Gasteiger partial charge in [0.15, 0.2) is 11.6 Å². The van der Waals surface area contributed by atoms with Gasteiger partial charge in [-0.3, -0.25) is 9.36 Å². The van der Waals surface area contributed by atoms with Crippen molar-refractivity contribution in [1.82, 2.24) is 9.55 Å². The zero-order valence-electron chi connectivity index (χ0n) is 14.5. The van der Waals surface area contributed by atoms with Crippen LogP contribution in [0, 0.1) is 11.7 Å². The lowest BCUT2D eigenvalue weighted by atomic mass is 10.1. The van der Waals surface area contributed by atoms with Crippen molar-refractivity contribution < 1.29 is 23.8 Å². The predicted octanol–water partition coefficient (Wildman–Crippen LogP) is -0.223. The molecule has 0 aromatic carbocycles. The highest BCUT2D eigenvalue weighted by Gasteiger charge is 2.30. The Hall–Kier alpha value is -2.04. The number of aliphatic hydroxyl groups excluding tert-OH is 1. The van der Waals surface area contributed by atoms with Crippen molar-refractivity contribution in [2.24, 2.45) is 11.7 Å². The molecule has 2 heterocycles. The maximum Gasteiger partial charge on any atom is 0.351 e. The Morgan fingerprint density at radius 1 is 1.52 bits per heavy atom. The molecule has 1 aliphatic rings. The molecular formula is C15H25FN4O5. The Morgan fingerprint density at radius 3 is 2.76 bits per heavy atom. The van der Waals surface area contributed by atoms with Gasteiger partial charge in [0.1, 0.15) is 18.9 Å². The monoisotopic (exact) mass is 360 g/mol. The van der Waals surface area contributed by atoms with Crippen LogP contribution in [0.3, 0.4) is 0 Å². The number of halogens is 1. The van der Waals surface area contributed by atoms with E-state index in [1.54, 1.807) is 0 Å². The van der Waals surface area contributed by atoms with Crippen LogP contribution in [-0.4, -0.2) is 46.5 Å². The lowest BCUT2D eigenvalue weighted by molar-refractivity contribution is -0.151. The Morgan fingerprint density at radius 2 is 2.16 bits per heavy atom. The van der Waals surface area contributed by atoms with Crippen LogP contribution >= 0.6 is 0 Å². The van der Waals surface area contributed by atoms with E-state index < -0.39 is 35.6 Å². The molecule has 10 heteroatoms. The second kappa shape index (κ2) is 9.44. The maximum absolute atomic E-state index is 13.4. The fourth-order valence-corrected chi connectivity index (χ4v) is 2.22. The van der Waals surface area contributed by atoms with E-state index in [0.717, 1.165) is 17.9 Å². The minimum Gasteiger partial charge on any atom is -0.462 e. The van der Waals surface area contributed by atoms with Crippen molar-refractivity contribution >= 4 is 11.8 Å². The number of rotatable bonds is 5. The topological polar surface area (TPSA) is 143 Å². The van der Waals surface area contributed by atoms with E-state index in [4.69, 9.17) is 26.0 Å². The van der Waals surface area contributed by atoms with E-state index in [1.165, 1.54) is 0 Å². The first-order valence-electron chi connectivity index (χ1n) is 7.86. The highest BCUT2D eigenvalue weighted by atomic mass is 19.1. The quantitative estimate of drug-likeness (QED) is 0.612. The van der Waals surface area contributed by atoms with Gasteiger partial charge in [-0.05, 0) is 18.8 Å². The summed E-state index contributed by atoms with van der Waals surface area (Å²) in [4.78, 5) is 26.8. The van der Waals surface area contributed by atoms with Crippen LogP contribution < -0.4 is 17.2 Å². The van der Waals surface area contributed by atoms with Crippen LogP contribution in [0.5, 0.6) is 0 Å². The molecule has 0 bridgehead atoms. The van der Waals surface area contributed by atoms with E-state index >= 15 is 0 Å². The first-order chi connectivity index (χ1) is 11.8. The number of carbonyl (C=O) groups excluding carboxylic acids is 1. The number of hydrogen-bond acceptors (Lipinski definition) is 8. The average Bonchev–Trinajstić information content (AvgIpc) is 3.05. The first-order valence-corrected chi connectivity index (χ1v) is 7.86. The van der Waals surface area contributed by atoms with Gasteiger partial charge >= 0.3 is 11.7 Å². The second-order valence-corrected chi connectivity index (χ2v) is 5.85. The molecule has 0 spiro atoms. The number of hydrogen-bond donors (Lipinski definition) is 3. The van der Waals surface area contributed by atoms with Gasteiger partial charge in [-0.25, -0.2) is 9.18 Å². The highest BCUT2D eigenvalue weighted by Crippen LogP contribution is 2.27. The summed E-state index contributed by atoms with van der Waals surface area (Å²) < 4.78 is 25.2. The third kappa shape index (κ3) is 5.48. The number of carbonyl (C=O) groups is 1. The number of ether oxygens (including phenoxy) is 2. The van der Waals surface area contributed by atoms with Crippen LogP contribution in [0.1, 0.15) is 32.9 Å². The van der Waals surface area contributed by atoms with Gasteiger partial charge in [0, 0.05) is 7.11 Å². The standard InChI is InChI=1S/C14H21FN4O4.CH4O/c1-7(2)11(16)13(20)22-6-8-3-4-10(23-8)19-5-9(15)12(17)18-14(19)21;1-2/h5,7-8,10-11H,3-4,6,16H2,1-2H3,(H2,17,18,21);2H,1H3. The molecule has 3 unspecified atom stereocenters. The van der Waals surface area contributed by atoms with Crippen molar-refractivity contribution in [3.05, 3.63) is 22.5 Å². The molecule has 3 atom stereocenters. The molecule has 1 aromatic heterocycles. The molecule has 0 saturated carbocycles. The lowest BCUT2D eigenvalue weighted by Crippen LogP contribution is -2.38. The molecule has 2 rings (SSSR count). The van der Waals surface area contributed by atoms with Crippen LogP contribution in [0.4, 0.5) is 10.2 Å². The largest absolute Gasteiger partial charge is 0.462 e. The fraction of sp³-hybridized carbons (Fsp3) is 0.667. The SMILES string of the molecule is CC(C)C(N)C(=O)OCC1CCC(n2cc(F)c(N)nc2=O)O1.CO. The predicted molar refractivity (Wildman–Crippen MR) is 87.9 cm³/mol. The molecule has 5 N–H and O–H groups in total. The summed E-state index contributed by atoms with van der Waals surface area (Å²) in [5.41, 5.74) is 10.2. The zero-order chi connectivity index (χ0) is 19.1. The normalized spacial score (nSPS) is 20.8. The number of nitrogen functional groups attached to an aromatic ring is 1. The van der Waals surface area contributed by atoms with Crippen LogP contribution in [-0.2, 0) is 14.3 Å². The second-order valence-electron chi connectivity index (χ2n) is 5.85. The van der Waals surface area contributed by atoms with Crippen LogP contribution in [0.15, 0.2) is 11.0 Å². The summed E-state index contributed by atoms with van der Waals surface area (Å²) in [6.45, 7) is 3.68. The molecule has 1 aliphatic heterocycles. The summed E-state index contributed by atoms with van der Waals surface area (Å²) in [7, 11) is 1.00. The lowest BCUT2D eigenvalue weighted by Gasteiger charge is -2.18. The minimum atomic E-state index is -0.786. The number of aliphatic hydroxyl groups is 1. The average molecular weight is 360 g/mol. The molecule has 9 nitrogen and oxygen atoms in total. The van der Waals surface area contributed by atoms with E-state index in [2.05, 4.69) is 4.98 Å². The van der Waals surface area contributed by atoms with Crippen molar-refractivity contribution in [3.63, 3.8) is 0 Å². The molecule has 0 radical (unpaired) electrons. The third-order valence-electron chi connectivity index (χ3n) is 3.73.